The van der Waals surface area contributed by atoms with Gasteiger partial charge in [-0.05, 0) is 38.1 Å². The highest BCUT2D eigenvalue weighted by Gasteiger charge is 2.36. The van der Waals surface area contributed by atoms with Gasteiger partial charge in [0, 0.05) is 18.7 Å². The van der Waals surface area contributed by atoms with E-state index in [-0.39, 0.29) is 11.3 Å². The summed E-state index contributed by atoms with van der Waals surface area (Å²) in [7, 11) is 0. The van der Waals surface area contributed by atoms with E-state index in [0.29, 0.717) is 0 Å². The van der Waals surface area contributed by atoms with Crippen LogP contribution in [0, 0.1) is 5.41 Å². The molecule has 20 heavy (non-hydrogen) atoms. The van der Waals surface area contributed by atoms with E-state index in [1.54, 1.807) is 0 Å². The number of carbonyl (C=O) groups is 1. The van der Waals surface area contributed by atoms with Crippen molar-refractivity contribution in [3.8, 4) is 0 Å². The molecular formula is C15H19N3O2. The molecule has 5 nitrogen and oxygen atoms in total. The molecule has 1 aromatic heterocycles. The molecule has 1 aromatic carbocycles. The minimum Gasteiger partial charge on any atom is -0.441 e. The molecule has 1 unspecified atom stereocenters. The summed E-state index contributed by atoms with van der Waals surface area (Å²) in [4.78, 5) is 16.7. The Bertz CT molecular complexity index is 642. The maximum atomic E-state index is 12.3. The van der Waals surface area contributed by atoms with Crippen molar-refractivity contribution in [3.05, 3.63) is 24.1 Å². The average molecular weight is 273 g/mol. The molecule has 0 spiro atoms. The Hall–Kier alpha value is -1.88. The summed E-state index contributed by atoms with van der Waals surface area (Å²) in [6.45, 7) is 5.62. The van der Waals surface area contributed by atoms with E-state index in [1.165, 1.54) is 0 Å². The van der Waals surface area contributed by atoms with Gasteiger partial charge in [-0.3, -0.25) is 4.79 Å². The number of hydrogen-bond acceptors (Lipinski definition) is 4. The first-order valence-corrected chi connectivity index (χ1v) is 7.02. The van der Waals surface area contributed by atoms with Gasteiger partial charge in [0.2, 0.25) is 5.91 Å². The third-order valence-electron chi connectivity index (χ3n) is 3.91. The SMILES string of the molecule is CCc1nc2cc(NC(=O)C3(C)CCNC3)ccc2o1. The molecule has 1 aliphatic heterocycles. The lowest BCUT2D eigenvalue weighted by molar-refractivity contribution is -0.123. The van der Waals surface area contributed by atoms with Gasteiger partial charge < -0.3 is 15.1 Å². The molecule has 0 radical (unpaired) electrons. The molecule has 106 valence electrons. The van der Waals surface area contributed by atoms with Gasteiger partial charge in [-0.25, -0.2) is 4.98 Å². The van der Waals surface area contributed by atoms with E-state index >= 15 is 0 Å². The maximum absolute atomic E-state index is 12.3. The molecule has 1 fully saturated rings. The Labute approximate surface area is 117 Å². The van der Waals surface area contributed by atoms with Gasteiger partial charge in [0.05, 0.1) is 5.41 Å². The summed E-state index contributed by atoms with van der Waals surface area (Å²) in [5.74, 6) is 0.775. The van der Waals surface area contributed by atoms with Gasteiger partial charge in [0.15, 0.2) is 11.5 Å². The van der Waals surface area contributed by atoms with Crippen LogP contribution in [0.2, 0.25) is 0 Å². The zero-order valence-electron chi connectivity index (χ0n) is 11.8. The Morgan fingerprint density at radius 2 is 2.40 bits per heavy atom. The van der Waals surface area contributed by atoms with Crippen LogP contribution >= 0.6 is 0 Å². The third-order valence-corrected chi connectivity index (χ3v) is 3.91. The number of aromatic nitrogens is 1. The molecule has 3 rings (SSSR count). The van der Waals surface area contributed by atoms with Crippen LogP contribution in [0.5, 0.6) is 0 Å². The largest absolute Gasteiger partial charge is 0.441 e. The molecule has 2 N–H and O–H groups in total. The van der Waals surface area contributed by atoms with Crippen molar-refractivity contribution >= 4 is 22.7 Å². The fourth-order valence-corrected chi connectivity index (χ4v) is 2.50. The van der Waals surface area contributed by atoms with Gasteiger partial charge in [-0.1, -0.05) is 6.92 Å². The Kier molecular flexibility index (Phi) is 3.22. The molecular weight excluding hydrogens is 254 g/mol. The second kappa shape index (κ2) is 4.90. The van der Waals surface area contributed by atoms with E-state index in [9.17, 15) is 4.79 Å². The highest BCUT2D eigenvalue weighted by atomic mass is 16.3. The minimum atomic E-state index is -0.326. The number of oxazole rings is 1. The molecule has 5 heteroatoms. The maximum Gasteiger partial charge on any atom is 0.231 e. The standard InChI is InChI=1S/C15H19N3O2/c1-3-13-18-11-8-10(4-5-12(11)20-13)17-14(19)15(2)6-7-16-9-15/h4-5,8,16H,3,6-7,9H2,1-2H3,(H,17,19). The van der Waals surface area contributed by atoms with Gasteiger partial charge in [0.25, 0.3) is 0 Å². The summed E-state index contributed by atoms with van der Waals surface area (Å²) in [5.41, 5.74) is 1.99. The zero-order chi connectivity index (χ0) is 14.2. The number of hydrogen-bond donors (Lipinski definition) is 2. The van der Waals surface area contributed by atoms with E-state index in [1.807, 2.05) is 32.0 Å². The van der Waals surface area contributed by atoms with Gasteiger partial charge in [0.1, 0.15) is 5.52 Å². The van der Waals surface area contributed by atoms with E-state index in [2.05, 4.69) is 15.6 Å². The van der Waals surface area contributed by atoms with Crippen molar-refractivity contribution in [3.63, 3.8) is 0 Å². The second-order valence-electron chi connectivity index (χ2n) is 5.59. The molecule has 1 saturated heterocycles. The number of nitrogens with one attached hydrogen (secondary N) is 2. The van der Waals surface area contributed by atoms with Crippen LogP contribution in [0.15, 0.2) is 22.6 Å². The summed E-state index contributed by atoms with van der Waals surface area (Å²) in [6.07, 6.45) is 1.63. The van der Waals surface area contributed by atoms with Crippen molar-refractivity contribution in [1.29, 1.82) is 0 Å². The Morgan fingerprint density at radius 1 is 1.55 bits per heavy atom. The number of anilines is 1. The zero-order valence-corrected chi connectivity index (χ0v) is 11.8. The van der Waals surface area contributed by atoms with Crippen LogP contribution in [0.4, 0.5) is 5.69 Å². The first-order chi connectivity index (χ1) is 9.60. The van der Waals surface area contributed by atoms with E-state index in [0.717, 1.165) is 48.6 Å². The molecule has 0 aliphatic carbocycles. The first-order valence-electron chi connectivity index (χ1n) is 7.02. The normalized spacial score (nSPS) is 22.3. The smallest absolute Gasteiger partial charge is 0.231 e. The molecule has 2 heterocycles. The van der Waals surface area contributed by atoms with Gasteiger partial charge in [-0.15, -0.1) is 0 Å². The summed E-state index contributed by atoms with van der Waals surface area (Å²) in [6, 6.07) is 5.57. The predicted molar refractivity (Wildman–Crippen MR) is 77.6 cm³/mol. The highest BCUT2D eigenvalue weighted by molar-refractivity contribution is 5.96. The summed E-state index contributed by atoms with van der Waals surface area (Å²) in [5, 5.41) is 6.22. The minimum absolute atomic E-state index is 0.0565. The van der Waals surface area contributed by atoms with Crippen molar-refractivity contribution in [2.24, 2.45) is 5.41 Å². The van der Waals surface area contributed by atoms with Gasteiger partial charge >= 0.3 is 0 Å². The second-order valence-corrected chi connectivity index (χ2v) is 5.59. The molecule has 1 aliphatic rings. The van der Waals surface area contributed by atoms with Crippen LogP contribution < -0.4 is 10.6 Å². The monoisotopic (exact) mass is 273 g/mol. The Balaban J connectivity index is 1.81. The fourth-order valence-electron chi connectivity index (χ4n) is 2.50. The molecule has 1 amide bonds. The molecule has 2 aromatic rings. The Morgan fingerprint density at radius 3 is 3.10 bits per heavy atom. The lowest BCUT2D eigenvalue weighted by Crippen LogP contribution is -2.35. The number of nitrogens with zero attached hydrogens (tertiary/aromatic N) is 1. The van der Waals surface area contributed by atoms with Gasteiger partial charge in [-0.2, -0.15) is 0 Å². The topological polar surface area (TPSA) is 67.2 Å². The van der Waals surface area contributed by atoms with Crippen LogP contribution in [0.25, 0.3) is 11.1 Å². The number of amides is 1. The van der Waals surface area contributed by atoms with Crippen molar-refractivity contribution in [1.82, 2.24) is 10.3 Å². The molecule has 0 bridgehead atoms. The fraction of sp³-hybridized carbons (Fsp3) is 0.467. The number of aryl methyl sites for hydroxylation is 1. The quantitative estimate of drug-likeness (QED) is 0.900. The number of fused-ring (bicyclic) bond motifs is 1. The number of benzene rings is 1. The lowest BCUT2D eigenvalue weighted by atomic mass is 9.89. The lowest BCUT2D eigenvalue weighted by Gasteiger charge is -2.21. The van der Waals surface area contributed by atoms with Crippen LogP contribution in [-0.2, 0) is 11.2 Å². The predicted octanol–water partition coefficient (Wildman–Crippen LogP) is 2.33. The summed E-state index contributed by atoms with van der Waals surface area (Å²) < 4.78 is 5.56. The number of rotatable bonds is 3. The number of carbonyl (C=O) groups excluding carboxylic acids is 1. The molecule has 1 atom stereocenters. The van der Waals surface area contributed by atoms with Crippen LogP contribution in [0.1, 0.15) is 26.2 Å². The van der Waals surface area contributed by atoms with Crippen LogP contribution in [-0.4, -0.2) is 24.0 Å². The van der Waals surface area contributed by atoms with Crippen molar-refractivity contribution in [2.45, 2.75) is 26.7 Å². The van der Waals surface area contributed by atoms with Crippen molar-refractivity contribution in [2.75, 3.05) is 18.4 Å². The first kappa shape index (κ1) is 13.1. The van der Waals surface area contributed by atoms with Crippen LogP contribution in [0.3, 0.4) is 0 Å². The van der Waals surface area contributed by atoms with Crippen molar-refractivity contribution < 1.29 is 9.21 Å². The highest BCUT2D eigenvalue weighted by Crippen LogP contribution is 2.27. The molecule has 0 saturated carbocycles. The van der Waals surface area contributed by atoms with E-state index in [4.69, 9.17) is 4.42 Å². The third kappa shape index (κ3) is 2.29. The average Bonchev–Trinajstić information content (AvgIpc) is 3.05. The summed E-state index contributed by atoms with van der Waals surface area (Å²) >= 11 is 0. The van der Waals surface area contributed by atoms with E-state index < -0.39 is 0 Å².